The minimum atomic E-state index is -0.353. The SMILES string of the molecule is CCOC(=O)c1sc2ncnc(Nc3cc(Cl)ccc3OC)c2c1C. The van der Waals surface area contributed by atoms with Crippen LogP contribution in [0.5, 0.6) is 5.75 Å². The number of nitrogens with zero attached hydrogens (tertiary/aromatic N) is 2. The van der Waals surface area contributed by atoms with Crippen molar-refractivity contribution in [1.82, 2.24) is 9.97 Å². The van der Waals surface area contributed by atoms with E-state index in [1.807, 2.05) is 6.92 Å². The average Bonchev–Trinajstić information content (AvgIpc) is 2.93. The van der Waals surface area contributed by atoms with E-state index in [1.165, 1.54) is 17.7 Å². The number of ether oxygens (including phenoxy) is 2. The Balaban J connectivity index is 2.09. The smallest absolute Gasteiger partial charge is 0.348 e. The third-order valence-corrected chi connectivity index (χ3v) is 5.02. The van der Waals surface area contributed by atoms with E-state index in [0.29, 0.717) is 38.6 Å². The maximum atomic E-state index is 12.1. The van der Waals surface area contributed by atoms with E-state index < -0.39 is 0 Å². The molecule has 0 saturated carbocycles. The molecule has 0 amide bonds. The molecule has 0 bridgehead atoms. The largest absolute Gasteiger partial charge is 0.495 e. The van der Waals surface area contributed by atoms with Crippen molar-refractivity contribution in [2.45, 2.75) is 13.8 Å². The molecule has 8 heteroatoms. The fourth-order valence-electron chi connectivity index (χ4n) is 2.46. The topological polar surface area (TPSA) is 73.3 Å². The van der Waals surface area contributed by atoms with Crippen molar-refractivity contribution in [1.29, 1.82) is 0 Å². The molecule has 130 valence electrons. The highest BCUT2D eigenvalue weighted by molar-refractivity contribution is 7.20. The molecular formula is C17H16ClN3O3S. The highest BCUT2D eigenvalue weighted by Gasteiger charge is 2.20. The summed E-state index contributed by atoms with van der Waals surface area (Å²) in [7, 11) is 1.58. The van der Waals surface area contributed by atoms with Gasteiger partial charge in [-0.1, -0.05) is 11.6 Å². The normalized spacial score (nSPS) is 10.7. The lowest BCUT2D eigenvalue weighted by Crippen LogP contribution is -2.03. The van der Waals surface area contributed by atoms with Crippen LogP contribution in [0.1, 0.15) is 22.2 Å². The molecular weight excluding hydrogens is 362 g/mol. The van der Waals surface area contributed by atoms with Crippen LogP contribution in [-0.4, -0.2) is 29.7 Å². The number of carbonyl (C=O) groups is 1. The van der Waals surface area contributed by atoms with Crippen LogP contribution in [-0.2, 0) is 4.74 Å². The summed E-state index contributed by atoms with van der Waals surface area (Å²) in [5, 5.41) is 4.57. The van der Waals surface area contributed by atoms with E-state index in [0.717, 1.165) is 10.9 Å². The monoisotopic (exact) mass is 377 g/mol. The molecule has 25 heavy (non-hydrogen) atoms. The van der Waals surface area contributed by atoms with Gasteiger partial charge in [-0.3, -0.25) is 0 Å². The second kappa shape index (κ2) is 7.25. The minimum Gasteiger partial charge on any atom is -0.495 e. The van der Waals surface area contributed by atoms with Gasteiger partial charge in [-0.25, -0.2) is 14.8 Å². The Morgan fingerprint density at radius 2 is 2.16 bits per heavy atom. The molecule has 2 heterocycles. The van der Waals surface area contributed by atoms with Gasteiger partial charge in [0.05, 0.1) is 24.8 Å². The van der Waals surface area contributed by atoms with Crippen LogP contribution < -0.4 is 10.1 Å². The molecule has 3 rings (SSSR count). The predicted octanol–water partition coefficient (Wildman–Crippen LogP) is 4.58. The molecule has 0 aliphatic heterocycles. The maximum absolute atomic E-state index is 12.1. The van der Waals surface area contributed by atoms with Crippen LogP contribution in [0.2, 0.25) is 5.02 Å². The molecule has 1 aromatic carbocycles. The number of anilines is 2. The van der Waals surface area contributed by atoms with Crippen LogP contribution in [0, 0.1) is 6.92 Å². The van der Waals surface area contributed by atoms with Crippen molar-refractivity contribution in [2.24, 2.45) is 0 Å². The minimum absolute atomic E-state index is 0.322. The van der Waals surface area contributed by atoms with Gasteiger partial charge in [0.25, 0.3) is 0 Å². The zero-order chi connectivity index (χ0) is 18.0. The Morgan fingerprint density at radius 1 is 1.36 bits per heavy atom. The van der Waals surface area contributed by atoms with Crippen molar-refractivity contribution in [2.75, 3.05) is 19.0 Å². The van der Waals surface area contributed by atoms with Crippen LogP contribution >= 0.6 is 22.9 Å². The van der Waals surface area contributed by atoms with Gasteiger partial charge < -0.3 is 14.8 Å². The van der Waals surface area contributed by atoms with Crippen LogP contribution in [0.15, 0.2) is 24.5 Å². The summed E-state index contributed by atoms with van der Waals surface area (Å²) in [6.45, 7) is 3.95. The Morgan fingerprint density at radius 3 is 2.88 bits per heavy atom. The van der Waals surface area contributed by atoms with Gasteiger partial charge in [0.2, 0.25) is 0 Å². The van der Waals surface area contributed by atoms with E-state index in [-0.39, 0.29) is 5.97 Å². The number of carbonyl (C=O) groups excluding carboxylic acids is 1. The Kier molecular flexibility index (Phi) is 5.06. The first-order chi connectivity index (χ1) is 12.0. The highest BCUT2D eigenvalue weighted by atomic mass is 35.5. The van der Waals surface area contributed by atoms with Crippen molar-refractivity contribution < 1.29 is 14.3 Å². The van der Waals surface area contributed by atoms with Crippen LogP contribution in [0.25, 0.3) is 10.2 Å². The first-order valence-electron chi connectivity index (χ1n) is 7.57. The van der Waals surface area contributed by atoms with Crippen molar-refractivity contribution in [3.05, 3.63) is 40.0 Å². The molecule has 0 aliphatic rings. The number of esters is 1. The Labute approximate surface area is 153 Å². The number of fused-ring (bicyclic) bond motifs is 1. The molecule has 2 aromatic heterocycles. The van der Waals surface area contributed by atoms with Gasteiger partial charge in [-0.15, -0.1) is 11.3 Å². The number of methoxy groups -OCH3 is 1. The number of aromatic nitrogens is 2. The van der Waals surface area contributed by atoms with E-state index in [4.69, 9.17) is 21.1 Å². The van der Waals surface area contributed by atoms with Gasteiger partial charge in [-0.05, 0) is 37.6 Å². The second-order valence-electron chi connectivity index (χ2n) is 5.15. The summed E-state index contributed by atoms with van der Waals surface area (Å²) >= 11 is 7.37. The summed E-state index contributed by atoms with van der Waals surface area (Å²) in [6.07, 6.45) is 1.45. The fourth-order valence-corrected chi connectivity index (χ4v) is 3.68. The summed E-state index contributed by atoms with van der Waals surface area (Å²) < 4.78 is 10.5. The summed E-state index contributed by atoms with van der Waals surface area (Å²) in [5.74, 6) is 0.860. The molecule has 0 saturated heterocycles. The first-order valence-corrected chi connectivity index (χ1v) is 8.76. The molecule has 3 aromatic rings. The van der Waals surface area contributed by atoms with E-state index >= 15 is 0 Å². The molecule has 0 unspecified atom stereocenters. The van der Waals surface area contributed by atoms with Crippen LogP contribution in [0.4, 0.5) is 11.5 Å². The van der Waals surface area contributed by atoms with Crippen molar-refractivity contribution >= 4 is 50.6 Å². The Bertz CT molecular complexity index is 942. The Hall–Kier alpha value is -2.38. The van der Waals surface area contributed by atoms with E-state index in [1.54, 1.807) is 32.2 Å². The summed E-state index contributed by atoms with van der Waals surface area (Å²) in [5.41, 5.74) is 1.46. The lowest BCUT2D eigenvalue weighted by atomic mass is 10.2. The third-order valence-electron chi connectivity index (χ3n) is 3.60. The van der Waals surface area contributed by atoms with Crippen molar-refractivity contribution in [3.8, 4) is 5.75 Å². The van der Waals surface area contributed by atoms with Gasteiger partial charge >= 0.3 is 5.97 Å². The van der Waals surface area contributed by atoms with Gasteiger partial charge in [-0.2, -0.15) is 0 Å². The van der Waals surface area contributed by atoms with Gasteiger partial charge in [0, 0.05) is 5.02 Å². The fraction of sp³-hybridized carbons (Fsp3) is 0.235. The van der Waals surface area contributed by atoms with Crippen molar-refractivity contribution in [3.63, 3.8) is 0 Å². The predicted molar refractivity (Wildman–Crippen MR) is 99.4 cm³/mol. The summed E-state index contributed by atoms with van der Waals surface area (Å²) in [6, 6.07) is 5.27. The third kappa shape index (κ3) is 3.38. The molecule has 1 N–H and O–H groups in total. The quantitative estimate of drug-likeness (QED) is 0.656. The van der Waals surface area contributed by atoms with Crippen LogP contribution in [0.3, 0.4) is 0 Å². The standard InChI is InChI=1S/C17H16ClN3O3S/c1-4-24-17(22)14-9(2)13-15(19-8-20-16(13)25-14)21-11-7-10(18)5-6-12(11)23-3/h5-8H,4H2,1-3H3,(H,19,20,21). The number of aryl methyl sites for hydroxylation is 1. The molecule has 0 spiro atoms. The molecule has 0 radical (unpaired) electrons. The number of halogens is 1. The van der Waals surface area contributed by atoms with E-state index in [2.05, 4.69) is 15.3 Å². The van der Waals surface area contributed by atoms with Gasteiger partial charge in [0.15, 0.2) is 0 Å². The molecule has 0 fully saturated rings. The lowest BCUT2D eigenvalue weighted by molar-refractivity contribution is 0.0531. The number of hydrogen-bond acceptors (Lipinski definition) is 7. The number of hydrogen-bond donors (Lipinski definition) is 1. The number of benzene rings is 1. The second-order valence-corrected chi connectivity index (χ2v) is 6.58. The number of rotatable bonds is 5. The zero-order valence-electron chi connectivity index (χ0n) is 13.9. The molecule has 6 nitrogen and oxygen atoms in total. The highest BCUT2D eigenvalue weighted by Crippen LogP contribution is 2.37. The lowest BCUT2D eigenvalue weighted by Gasteiger charge is -2.12. The first kappa shape index (κ1) is 17.4. The van der Waals surface area contributed by atoms with E-state index in [9.17, 15) is 4.79 Å². The average molecular weight is 378 g/mol. The zero-order valence-corrected chi connectivity index (χ0v) is 15.5. The maximum Gasteiger partial charge on any atom is 0.348 e. The number of nitrogens with one attached hydrogen (secondary N) is 1. The summed E-state index contributed by atoms with van der Waals surface area (Å²) in [4.78, 5) is 22.0. The number of thiophene rings is 1. The molecule has 0 atom stereocenters. The molecule has 0 aliphatic carbocycles. The van der Waals surface area contributed by atoms with Gasteiger partial charge in [0.1, 0.15) is 27.6 Å².